The molecule has 1 atom stereocenters. The number of aromatic nitrogens is 1. The first-order valence-electron chi connectivity index (χ1n) is 15.2. The van der Waals surface area contributed by atoms with E-state index in [9.17, 15) is 19.2 Å². The number of carbonyl (C=O) groups is 4. The number of hydrogen-bond donors (Lipinski definition) is 3. The quantitative estimate of drug-likeness (QED) is 0.120. The van der Waals surface area contributed by atoms with Gasteiger partial charge in [-0.2, -0.15) is 0 Å². The predicted octanol–water partition coefficient (Wildman–Crippen LogP) is 6.33. The van der Waals surface area contributed by atoms with E-state index >= 15 is 0 Å². The van der Waals surface area contributed by atoms with Crippen molar-refractivity contribution in [2.75, 3.05) is 20.1 Å². The van der Waals surface area contributed by atoms with Gasteiger partial charge in [0.05, 0.1) is 5.92 Å². The fraction of sp³-hybridized carbons (Fsp3) is 0.324. The van der Waals surface area contributed by atoms with E-state index in [-0.39, 0.29) is 55.7 Å². The number of pyridine rings is 1. The Hall–Kier alpha value is -4.85. The third kappa shape index (κ3) is 19.9. The second-order valence-corrected chi connectivity index (χ2v) is 8.84. The van der Waals surface area contributed by atoms with Crippen molar-refractivity contribution in [2.24, 2.45) is 5.92 Å². The molecule has 3 N–H and O–H groups in total. The van der Waals surface area contributed by atoms with Crippen LogP contribution in [-0.4, -0.2) is 48.5 Å². The first-order valence-corrected chi connectivity index (χ1v) is 15.2. The van der Waals surface area contributed by atoms with Gasteiger partial charge in [-0.3, -0.25) is 24.2 Å². The van der Waals surface area contributed by atoms with Crippen LogP contribution in [0.25, 0.3) is 0 Å². The van der Waals surface area contributed by atoms with Gasteiger partial charge in [0.25, 0.3) is 5.91 Å². The number of carbonyl (C=O) groups excluding carboxylic acids is 4. The molecule has 0 aromatic carbocycles. The molecule has 0 fully saturated rings. The Balaban J connectivity index is 0. The lowest BCUT2D eigenvalue weighted by Gasteiger charge is -2.15. The van der Waals surface area contributed by atoms with Gasteiger partial charge in [0, 0.05) is 56.9 Å². The van der Waals surface area contributed by atoms with Gasteiger partial charge < -0.3 is 16.0 Å². The lowest BCUT2D eigenvalue weighted by atomic mass is 9.88. The van der Waals surface area contributed by atoms with Gasteiger partial charge >= 0.3 is 0 Å². The summed E-state index contributed by atoms with van der Waals surface area (Å²) in [5.74, 6) is -1.60. The Morgan fingerprint density at radius 3 is 2.31 bits per heavy atom. The van der Waals surface area contributed by atoms with Crippen molar-refractivity contribution in [3.63, 3.8) is 0 Å². The average molecular weight is 617 g/mol. The molecule has 2 amide bonds. The maximum absolute atomic E-state index is 12.3. The van der Waals surface area contributed by atoms with Crippen LogP contribution < -0.4 is 16.0 Å². The third-order valence-electron chi connectivity index (χ3n) is 5.73. The molecule has 1 aliphatic carbocycles. The van der Waals surface area contributed by atoms with E-state index < -0.39 is 5.92 Å². The summed E-state index contributed by atoms with van der Waals surface area (Å²) < 4.78 is 0. The average Bonchev–Trinajstić information content (AvgIpc) is 3.07. The van der Waals surface area contributed by atoms with Gasteiger partial charge in [0.1, 0.15) is 5.78 Å². The number of nitrogens with one attached hydrogen (secondary N) is 3. The molecule has 1 aromatic rings. The number of nitrogens with zero attached hydrogens (tertiary/aromatic N) is 1. The second-order valence-electron chi connectivity index (χ2n) is 8.84. The molecule has 0 aliphatic heterocycles. The van der Waals surface area contributed by atoms with Gasteiger partial charge in [-0.1, -0.05) is 96.5 Å². The van der Waals surface area contributed by atoms with Crippen LogP contribution in [0.5, 0.6) is 0 Å². The molecule has 0 saturated carbocycles. The summed E-state index contributed by atoms with van der Waals surface area (Å²) in [6.07, 6.45) is 20.2. The van der Waals surface area contributed by atoms with Crippen molar-refractivity contribution < 1.29 is 19.2 Å². The highest BCUT2D eigenvalue weighted by Crippen LogP contribution is 2.16. The van der Waals surface area contributed by atoms with Crippen LogP contribution in [0.2, 0.25) is 0 Å². The van der Waals surface area contributed by atoms with E-state index in [0.29, 0.717) is 12.0 Å². The highest BCUT2D eigenvalue weighted by Gasteiger charge is 2.26. The van der Waals surface area contributed by atoms with E-state index in [1.165, 1.54) is 6.08 Å². The molecule has 244 valence electrons. The normalized spacial score (nSPS) is 13.4. The monoisotopic (exact) mass is 616 g/mol. The zero-order valence-electron chi connectivity index (χ0n) is 27.7. The molecule has 0 radical (unpaired) electrons. The van der Waals surface area contributed by atoms with Crippen LogP contribution in [0.4, 0.5) is 0 Å². The van der Waals surface area contributed by atoms with E-state index in [1.807, 2.05) is 65.1 Å². The number of ketones is 2. The molecule has 1 aromatic heterocycles. The fourth-order valence-corrected chi connectivity index (χ4v) is 3.43. The maximum atomic E-state index is 12.3. The minimum Gasteiger partial charge on any atom is -0.394 e. The molecule has 2 rings (SSSR count). The lowest BCUT2D eigenvalue weighted by molar-refractivity contribution is -0.131. The zero-order valence-corrected chi connectivity index (χ0v) is 27.7. The van der Waals surface area contributed by atoms with Crippen LogP contribution in [0, 0.1) is 5.92 Å². The third-order valence-corrected chi connectivity index (χ3v) is 5.73. The highest BCUT2D eigenvalue weighted by atomic mass is 16.2. The minimum atomic E-state index is -0.717. The van der Waals surface area contributed by atoms with Gasteiger partial charge in [0.15, 0.2) is 5.78 Å². The van der Waals surface area contributed by atoms with E-state index in [4.69, 9.17) is 0 Å². The highest BCUT2D eigenvalue weighted by molar-refractivity contribution is 6.10. The van der Waals surface area contributed by atoms with Crippen molar-refractivity contribution in [3.8, 4) is 0 Å². The van der Waals surface area contributed by atoms with Crippen molar-refractivity contribution in [1.82, 2.24) is 20.9 Å². The molecule has 0 spiro atoms. The Labute approximate surface area is 270 Å². The fourth-order valence-electron chi connectivity index (χ4n) is 3.43. The number of rotatable bonds is 15. The Kier molecular flexibility index (Phi) is 26.3. The van der Waals surface area contributed by atoms with Crippen LogP contribution in [0.3, 0.4) is 0 Å². The smallest absolute Gasteiger partial charge is 0.251 e. The SMILES string of the molecule is C=C/C=C\C(=C)C(=C)C=C.CC.CC.CN/C=C\C=C/Cc1cc(C(=O)NCCNC(=O)CCC2C(=O)C=CCC2=O)ccn1. The molecule has 1 unspecified atom stereocenters. The molecule has 0 saturated heterocycles. The maximum Gasteiger partial charge on any atom is 0.251 e. The first kappa shape index (κ1) is 42.3. The Morgan fingerprint density at radius 2 is 1.69 bits per heavy atom. The summed E-state index contributed by atoms with van der Waals surface area (Å²) >= 11 is 0. The minimum absolute atomic E-state index is 0.0919. The summed E-state index contributed by atoms with van der Waals surface area (Å²) in [6, 6.07) is 3.36. The molecule has 8 nitrogen and oxygen atoms in total. The summed E-state index contributed by atoms with van der Waals surface area (Å²) in [4.78, 5) is 51.9. The van der Waals surface area contributed by atoms with Crippen LogP contribution >= 0.6 is 0 Å². The van der Waals surface area contributed by atoms with Crippen molar-refractivity contribution in [2.45, 2.75) is 53.4 Å². The second kappa shape index (κ2) is 28.0. The summed E-state index contributed by atoms with van der Waals surface area (Å²) in [6.45, 7) is 23.1. The number of Topliss-reactive ketones (excluding diaryl/α,β-unsaturated/α-hetero) is 1. The van der Waals surface area contributed by atoms with Crippen LogP contribution in [0.15, 0.2) is 117 Å². The van der Waals surface area contributed by atoms with Crippen LogP contribution in [-0.2, 0) is 20.8 Å². The summed E-state index contributed by atoms with van der Waals surface area (Å²) in [7, 11) is 1.82. The van der Waals surface area contributed by atoms with Gasteiger partial charge in [-0.25, -0.2) is 0 Å². The van der Waals surface area contributed by atoms with Crippen molar-refractivity contribution in [1.29, 1.82) is 0 Å². The van der Waals surface area contributed by atoms with E-state index in [1.54, 1.807) is 42.8 Å². The molecule has 1 aliphatic rings. The van der Waals surface area contributed by atoms with Gasteiger partial charge in [-0.15, -0.1) is 0 Å². The molecule has 8 heteroatoms. The topological polar surface area (TPSA) is 117 Å². The molecule has 45 heavy (non-hydrogen) atoms. The predicted molar refractivity (Wildman–Crippen MR) is 188 cm³/mol. The Bertz CT molecular complexity index is 1240. The molecular formula is C37H52N4O4. The summed E-state index contributed by atoms with van der Waals surface area (Å²) in [5.41, 5.74) is 2.99. The van der Waals surface area contributed by atoms with E-state index in [2.05, 4.69) is 47.3 Å². The van der Waals surface area contributed by atoms with Gasteiger partial charge in [-0.05, 0) is 48.1 Å². The first-order chi connectivity index (χ1) is 21.7. The lowest BCUT2D eigenvalue weighted by Crippen LogP contribution is -2.35. The summed E-state index contributed by atoms with van der Waals surface area (Å²) in [5, 5.41) is 8.33. The molecular weight excluding hydrogens is 564 g/mol. The molecule has 1 heterocycles. The molecule has 0 bridgehead atoms. The van der Waals surface area contributed by atoms with E-state index in [0.717, 1.165) is 16.8 Å². The van der Waals surface area contributed by atoms with Crippen LogP contribution in [0.1, 0.15) is 63.0 Å². The number of amides is 2. The van der Waals surface area contributed by atoms with Crippen molar-refractivity contribution >= 4 is 23.4 Å². The van der Waals surface area contributed by atoms with Gasteiger partial charge in [0.2, 0.25) is 5.91 Å². The van der Waals surface area contributed by atoms with Crippen molar-refractivity contribution in [3.05, 3.63) is 128 Å². The standard InChI is InChI=1S/C23H28N4O4.C10H12.2C2H6/c1-24-12-4-2-3-6-18-16-17(11-13-25-18)23(31)27-15-14-26-22(30)10-9-19-20(28)7-5-8-21(19)29;1-5-7-8-10(4)9(3)6-2;2*1-2/h2-5,7,11-13,16,19,24H,6,8-10,14-15H2,1H3,(H,26,30)(H,27,31);5-8H,1-4H2;2*1-2H3/b3-2-,12-4-;8-7-;;. The number of hydrogen-bond acceptors (Lipinski definition) is 6. The number of allylic oxidation sites excluding steroid dienone is 11. The largest absolute Gasteiger partial charge is 0.394 e. The Morgan fingerprint density at radius 1 is 1.00 bits per heavy atom. The zero-order chi connectivity index (χ0) is 34.5.